The second-order valence-electron chi connectivity index (χ2n) is 6.45. The molecular formula is C16H20N4O2. The summed E-state index contributed by atoms with van der Waals surface area (Å²) in [6.45, 7) is 0. The van der Waals surface area contributed by atoms with E-state index in [1.807, 2.05) is 6.07 Å². The second kappa shape index (κ2) is 4.98. The van der Waals surface area contributed by atoms with Crippen LogP contribution in [0, 0.1) is 0 Å². The number of nitrogens with one attached hydrogen (secondary N) is 1. The van der Waals surface area contributed by atoms with Gasteiger partial charge in [-0.1, -0.05) is 0 Å². The van der Waals surface area contributed by atoms with Gasteiger partial charge >= 0.3 is 0 Å². The van der Waals surface area contributed by atoms with E-state index in [9.17, 15) is 10.0 Å². The molecule has 2 fully saturated rings. The van der Waals surface area contributed by atoms with E-state index in [2.05, 4.69) is 22.2 Å². The highest BCUT2D eigenvalue weighted by Crippen LogP contribution is 2.34. The zero-order chi connectivity index (χ0) is 15.3. The number of hydrogen-bond acceptors (Lipinski definition) is 4. The molecule has 22 heavy (non-hydrogen) atoms. The number of rotatable bonds is 2. The summed E-state index contributed by atoms with van der Waals surface area (Å²) in [5.41, 5.74) is 1.21. The van der Waals surface area contributed by atoms with Crippen LogP contribution in [0.4, 0.5) is 0 Å². The first-order valence-corrected chi connectivity index (χ1v) is 7.81. The average molecular weight is 300 g/mol. The lowest BCUT2D eigenvalue weighted by atomic mass is 9.97. The number of hydrogen-bond donors (Lipinski definition) is 2. The Hall–Kier alpha value is -2.08. The molecule has 2 N–H and O–H groups in total. The molecule has 0 radical (unpaired) electrons. The summed E-state index contributed by atoms with van der Waals surface area (Å²) in [7, 11) is 2.19. The maximum absolute atomic E-state index is 12.6. The third-order valence-electron chi connectivity index (χ3n) is 5.23. The molecule has 116 valence electrons. The smallest absolute Gasteiger partial charge is 0.253 e. The van der Waals surface area contributed by atoms with E-state index in [4.69, 9.17) is 0 Å². The summed E-state index contributed by atoms with van der Waals surface area (Å²) in [4.78, 5) is 19.1. The van der Waals surface area contributed by atoms with Gasteiger partial charge in [0.15, 0.2) is 5.82 Å². The number of fused-ring (bicyclic) bond motifs is 3. The monoisotopic (exact) mass is 300 g/mol. The van der Waals surface area contributed by atoms with Crippen molar-refractivity contribution < 1.29 is 10.0 Å². The van der Waals surface area contributed by atoms with Crippen molar-refractivity contribution in [3.05, 3.63) is 30.1 Å². The van der Waals surface area contributed by atoms with Crippen molar-refractivity contribution in [3.8, 4) is 11.4 Å². The lowest BCUT2D eigenvalue weighted by molar-refractivity contribution is 0.0883. The first-order valence-electron chi connectivity index (χ1n) is 7.81. The zero-order valence-electron chi connectivity index (χ0n) is 12.6. The van der Waals surface area contributed by atoms with Gasteiger partial charge in [0.2, 0.25) is 0 Å². The van der Waals surface area contributed by atoms with Crippen molar-refractivity contribution in [2.75, 3.05) is 7.05 Å². The van der Waals surface area contributed by atoms with Crippen LogP contribution in [0.25, 0.3) is 11.4 Å². The summed E-state index contributed by atoms with van der Waals surface area (Å²) in [5.74, 6) is 0.318. The van der Waals surface area contributed by atoms with Crippen LogP contribution in [0.1, 0.15) is 36.0 Å². The van der Waals surface area contributed by atoms with Gasteiger partial charge in [-0.2, -0.15) is 4.73 Å². The predicted molar refractivity (Wildman–Crippen MR) is 81.1 cm³/mol. The lowest BCUT2D eigenvalue weighted by Crippen LogP contribution is -2.48. The van der Waals surface area contributed by atoms with E-state index >= 15 is 0 Å². The normalized spacial score (nSPS) is 28.1. The van der Waals surface area contributed by atoms with Gasteiger partial charge in [-0.15, -0.1) is 0 Å². The minimum atomic E-state index is -0.0948. The van der Waals surface area contributed by atoms with Gasteiger partial charge in [-0.25, -0.2) is 4.98 Å². The highest BCUT2D eigenvalue weighted by atomic mass is 16.5. The maximum atomic E-state index is 12.6. The lowest BCUT2D eigenvalue weighted by Gasteiger charge is -2.36. The molecule has 0 aliphatic carbocycles. The van der Waals surface area contributed by atoms with Crippen LogP contribution in [0.2, 0.25) is 0 Å². The van der Waals surface area contributed by atoms with Gasteiger partial charge in [0.25, 0.3) is 5.91 Å². The number of aromatic nitrogens is 2. The Morgan fingerprint density at radius 2 is 2.09 bits per heavy atom. The molecule has 0 aromatic heterocycles. The Bertz CT molecular complexity index is 669. The van der Waals surface area contributed by atoms with Gasteiger partial charge in [0.1, 0.15) is 0 Å². The number of amides is 1. The molecule has 0 spiro atoms. The van der Waals surface area contributed by atoms with Crippen LogP contribution >= 0.6 is 0 Å². The van der Waals surface area contributed by atoms with E-state index in [0.29, 0.717) is 29.0 Å². The molecule has 2 saturated heterocycles. The molecule has 2 bridgehead atoms. The highest BCUT2D eigenvalue weighted by molar-refractivity contribution is 6.00. The number of pyridine rings is 1. The Morgan fingerprint density at radius 1 is 1.36 bits per heavy atom. The molecule has 4 heterocycles. The van der Waals surface area contributed by atoms with Crippen LogP contribution in [0.5, 0.6) is 0 Å². The summed E-state index contributed by atoms with van der Waals surface area (Å²) < 4.78 is 0.946. The first-order chi connectivity index (χ1) is 10.6. The Kier molecular flexibility index (Phi) is 3.07. The van der Waals surface area contributed by atoms with Crippen molar-refractivity contribution in [1.29, 1.82) is 0 Å². The third-order valence-corrected chi connectivity index (χ3v) is 5.23. The zero-order valence-corrected chi connectivity index (χ0v) is 12.6. The molecule has 0 aromatic rings. The number of carbonyl (C=O) groups excluding carboxylic acids is 1. The molecule has 0 saturated carbocycles. The van der Waals surface area contributed by atoms with E-state index in [1.54, 1.807) is 6.07 Å². The Balaban J connectivity index is 1.51. The molecular weight excluding hydrogens is 280 g/mol. The maximum Gasteiger partial charge on any atom is 0.253 e. The van der Waals surface area contributed by atoms with Crippen molar-refractivity contribution in [3.63, 3.8) is 0 Å². The third kappa shape index (κ3) is 2.06. The molecule has 4 aliphatic rings. The fourth-order valence-corrected chi connectivity index (χ4v) is 4.00. The number of piperidine rings is 1. The van der Waals surface area contributed by atoms with Gasteiger partial charge in [-0.3, -0.25) is 4.79 Å². The molecule has 0 aromatic carbocycles. The van der Waals surface area contributed by atoms with Crippen molar-refractivity contribution in [2.45, 2.75) is 43.8 Å². The predicted octanol–water partition coefficient (Wildman–Crippen LogP) is 1.58. The molecule has 4 rings (SSSR count). The minimum absolute atomic E-state index is 0.0948. The van der Waals surface area contributed by atoms with Crippen molar-refractivity contribution in [2.24, 2.45) is 0 Å². The standard InChI is InChI=1S/C16H20N4O2/c1-19-11-4-5-12(19)8-10(7-11)18-16(21)14-9-17-15-13(14)3-2-6-20(15)22/h2-3,6,9-12,22H,4-5,7-8H2,1H3,(H,18,21). The molecule has 2 atom stereocenters. The SMILES string of the molecule is CN1C2CCC1CC(NC(=O)c1cnc3n(O)cccc1-3)C2. The van der Waals surface area contributed by atoms with E-state index in [-0.39, 0.29) is 11.9 Å². The van der Waals surface area contributed by atoms with E-state index < -0.39 is 0 Å². The minimum Gasteiger partial charge on any atom is -0.427 e. The molecule has 4 aliphatic heterocycles. The Labute approximate surface area is 129 Å². The van der Waals surface area contributed by atoms with E-state index in [1.165, 1.54) is 25.2 Å². The fraction of sp³-hybridized carbons (Fsp3) is 0.500. The van der Waals surface area contributed by atoms with Gasteiger partial charge in [-0.05, 0) is 44.9 Å². The fourth-order valence-electron chi connectivity index (χ4n) is 4.00. The second-order valence-corrected chi connectivity index (χ2v) is 6.45. The van der Waals surface area contributed by atoms with Crippen molar-refractivity contribution >= 4 is 5.91 Å². The van der Waals surface area contributed by atoms with E-state index in [0.717, 1.165) is 17.6 Å². The summed E-state index contributed by atoms with van der Waals surface area (Å²) in [6.07, 6.45) is 7.55. The van der Waals surface area contributed by atoms with Crippen molar-refractivity contribution in [1.82, 2.24) is 19.9 Å². The van der Waals surface area contributed by atoms with Crippen LogP contribution in [-0.4, -0.2) is 50.9 Å². The van der Waals surface area contributed by atoms with Gasteiger partial charge < -0.3 is 15.4 Å². The number of nitrogens with zero attached hydrogens (tertiary/aromatic N) is 3. The molecule has 2 unspecified atom stereocenters. The topological polar surface area (TPSA) is 70.4 Å². The summed E-state index contributed by atoms with van der Waals surface area (Å²) in [5, 5.41) is 12.9. The quantitative estimate of drug-likeness (QED) is 0.826. The van der Waals surface area contributed by atoms with Crippen LogP contribution in [0.3, 0.4) is 0 Å². The number of carbonyl (C=O) groups is 1. The van der Waals surface area contributed by atoms with Crippen LogP contribution < -0.4 is 5.32 Å². The molecule has 1 amide bonds. The average Bonchev–Trinajstić information content (AvgIpc) is 2.99. The van der Waals surface area contributed by atoms with Crippen LogP contribution in [0.15, 0.2) is 24.5 Å². The highest BCUT2D eigenvalue weighted by Gasteiger charge is 2.39. The van der Waals surface area contributed by atoms with Gasteiger partial charge in [0.05, 0.1) is 5.56 Å². The largest absolute Gasteiger partial charge is 0.427 e. The summed E-state index contributed by atoms with van der Waals surface area (Å²) in [6, 6.07) is 4.94. The molecule has 6 nitrogen and oxygen atoms in total. The summed E-state index contributed by atoms with van der Waals surface area (Å²) >= 11 is 0. The first kappa shape index (κ1) is 13.6. The Morgan fingerprint density at radius 3 is 2.82 bits per heavy atom. The van der Waals surface area contributed by atoms with Crippen LogP contribution in [-0.2, 0) is 0 Å². The van der Waals surface area contributed by atoms with Gasteiger partial charge in [0, 0.05) is 36.1 Å². The molecule has 6 heteroatoms.